The summed E-state index contributed by atoms with van der Waals surface area (Å²) in [6.45, 7) is 4.41. The molecule has 18 heavy (non-hydrogen) atoms. The van der Waals surface area contributed by atoms with Crippen molar-refractivity contribution in [1.29, 1.82) is 0 Å². The molecule has 0 saturated heterocycles. The van der Waals surface area contributed by atoms with Crippen molar-refractivity contribution in [2.75, 3.05) is 5.73 Å². The summed E-state index contributed by atoms with van der Waals surface area (Å²) in [5.74, 6) is 0.905. The van der Waals surface area contributed by atoms with Gasteiger partial charge in [-0.3, -0.25) is 0 Å². The average molecular weight is 264 g/mol. The zero-order valence-electron chi connectivity index (χ0n) is 11.0. The maximum atomic E-state index is 5.94. The molecule has 0 aliphatic rings. The molecule has 4 heteroatoms. The summed E-state index contributed by atoms with van der Waals surface area (Å²) in [4.78, 5) is 1.15. The van der Waals surface area contributed by atoms with E-state index < -0.39 is 0 Å². The number of nitrogens with two attached hydrogens (primary N) is 1. The van der Waals surface area contributed by atoms with Crippen LogP contribution in [0.15, 0.2) is 22.0 Å². The van der Waals surface area contributed by atoms with Gasteiger partial charge in [0.1, 0.15) is 0 Å². The molecular formula is C14H20N2OS. The van der Waals surface area contributed by atoms with Crippen molar-refractivity contribution < 1.29 is 4.52 Å². The van der Waals surface area contributed by atoms with Crippen LogP contribution in [0.3, 0.4) is 0 Å². The van der Waals surface area contributed by atoms with Crippen LogP contribution in [0.25, 0.3) is 10.4 Å². The molecular weight excluding hydrogens is 244 g/mol. The van der Waals surface area contributed by atoms with Gasteiger partial charge in [-0.05, 0) is 24.3 Å². The largest absolute Gasteiger partial charge is 0.367 e. The summed E-state index contributed by atoms with van der Waals surface area (Å²) in [7, 11) is 0. The molecule has 0 aromatic carbocycles. The molecule has 0 bridgehead atoms. The van der Waals surface area contributed by atoms with Crippen LogP contribution in [0.1, 0.15) is 51.1 Å². The quantitative estimate of drug-likeness (QED) is 0.825. The lowest BCUT2D eigenvalue weighted by Crippen LogP contribution is -2.00. The van der Waals surface area contributed by atoms with Crippen molar-refractivity contribution in [2.45, 2.75) is 45.4 Å². The molecule has 0 radical (unpaired) electrons. The first-order valence-corrected chi connectivity index (χ1v) is 7.44. The highest BCUT2D eigenvalue weighted by Gasteiger charge is 2.23. The fraction of sp³-hybridized carbons (Fsp3) is 0.500. The molecule has 0 spiro atoms. The number of nitrogens with zero attached hydrogens (tertiary/aromatic N) is 1. The van der Waals surface area contributed by atoms with Crippen LogP contribution in [0, 0.1) is 0 Å². The molecule has 0 fully saturated rings. The van der Waals surface area contributed by atoms with Crippen LogP contribution >= 0.6 is 11.3 Å². The lowest BCUT2D eigenvalue weighted by atomic mass is 9.92. The number of hydrogen-bond donors (Lipinski definition) is 1. The van der Waals surface area contributed by atoms with E-state index in [2.05, 4.69) is 30.5 Å². The molecule has 3 nitrogen and oxygen atoms in total. The third-order valence-electron chi connectivity index (χ3n) is 3.17. The van der Waals surface area contributed by atoms with Crippen molar-refractivity contribution >= 4 is 17.2 Å². The first kappa shape index (κ1) is 13.1. The predicted molar refractivity (Wildman–Crippen MR) is 76.8 cm³/mol. The van der Waals surface area contributed by atoms with Crippen molar-refractivity contribution in [3.8, 4) is 10.4 Å². The minimum Gasteiger partial charge on any atom is -0.367 e. The van der Waals surface area contributed by atoms with Gasteiger partial charge in [-0.1, -0.05) is 37.9 Å². The van der Waals surface area contributed by atoms with E-state index in [1.54, 1.807) is 11.3 Å². The Kier molecular flexibility index (Phi) is 4.42. The van der Waals surface area contributed by atoms with Gasteiger partial charge in [-0.15, -0.1) is 11.3 Å². The topological polar surface area (TPSA) is 52.0 Å². The first-order chi connectivity index (χ1) is 8.77. The van der Waals surface area contributed by atoms with E-state index >= 15 is 0 Å². The third kappa shape index (κ3) is 2.58. The minimum atomic E-state index is 0.449. The summed E-state index contributed by atoms with van der Waals surface area (Å²) in [6.07, 6.45) is 4.58. The fourth-order valence-corrected chi connectivity index (χ4v) is 3.16. The maximum Gasteiger partial charge on any atom is 0.231 e. The van der Waals surface area contributed by atoms with Crippen LogP contribution in [0.5, 0.6) is 0 Å². The number of nitrogen functional groups attached to an aromatic ring is 1. The van der Waals surface area contributed by atoms with Crippen LogP contribution in [-0.2, 0) is 0 Å². The Morgan fingerprint density at radius 2 is 2.06 bits per heavy atom. The van der Waals surface area contributed by atoms with Crippen LogP contribution in [-0.4, -0.2) is 5.16 Å². The Morgan fingerprint density at radius 3 is 2.61 bits per heavy atom. The zero-order valence-corrected chi connectivity index (χ0v) is 11.8. The second kappa shape index (κ2) is 6.05. The molecule has 0 amide bonds. The summed E-state index contributed by atoms with van der Waals surface area (Å²) in [6, 6.07) is 4.11. The van der Waals surface area contributed by atoms with Crippen molar-refractivity contribution in [3.05, 3.63) is 23.2 Å². The van der Waals surface area contributed by atoms with Gasteiger partial charge in [0.2, 0.25) is 5.88 Å². The summed E-state index contributed by atoms with van der Waals surface area (Å²) in [5.41, 5.74) is 7.99. The minimum absolute atomic E-state index is 0.449. The third-order valence-corrected chi connectivity index (χ3v) is 4.06. The van der Waals surface area contributed by atoms with E-state index in [0.717, 1.165) is 41.8 Å². The van der Waals surface area contributed by atoms with Crippen LogP contribution in [0.4, 0.5) is 5.88 Å². The Morgan fingerprint density at radius 1 is 1.33 bits per heavy atom. The Balaban J connectivity index is 2.38. The van der Waals surface area contributed by atoms with Gasteiger partial charge in [0.15, 0.2) is 0 Å². The van der Waals surface area contributed by atoms with E-state index in [-0.39, 0.29) is 0 Å². The van der Waals surface area contributed by atoms with Gasteiger partial charge in [-0.25, -0.2) is 0 Å². The van der Waals surface area contributed by atoms with Gasteiger partial charge in [0.25, 0.3) is 0 Å². The second-order valence-corrected chi connectivity index (χ2v) is 5.51. The van der Waals surface area contributed by atoms with Crippen LogP contribution in [0.2, 0.25) is 0 Å². The number of aromatic nitrogens is 1. The smallest absolute Gasteiger partial charge is 0.231 e. The lowest BCUT2D eigenvalue weighted by Gasteiger charge is -2.13. The maximum absolute atomic E-state index is 5.94. The molecule has 0 unspecified atom stereocenters. The van der Waals surface area contributed by atoms with Gasteiger partial charge in [0.05, 0.1) is 11.3 Å². The Bertz CT molecular complexity index is 470. The van der Waals surface area contributed by atoms with Crippen molar-refractivity contribution in [3.63, 3.8) is 0 Å². The van der Waals surface area contributed by atoms with E-state index in [4.69, 9.17) is 10.3 Å². The standard InChI is InChI=1S/C14H20N2OS/c1-3-6-10(7-4-2)13-12(14(15)17-16-13)11-8-5-9-18-11/h5,8-10H,3-4,6-7,15H2,1-2H3. The Hall–Kier alpha value is -1.29. The van der Waals surface area contributed by atoms with Gasteiger partial charge in [-0.2, -0.15) is 0 Å². The first-order valence-electron chi connectivity index (χ1n) is 6.56. The van der Waals surface area contributed by atoms with Gasteiger partial charge < -0.3 is 10.3 Å². The normalized spacial score (nSPS) is 11.3. The Labute approximate surface area is 112 Å². The van der Waals surface area contributed by atoms with E-state index in [0.29, 0.717) is 11.8 Å². The van der Waals surface area contributed by atoms with E-state index in [1.807, 2.05) is 6.07 Å². The fourth-order valence-electron chi connectivity index (χ4n) is 2.38. The number of hydrogen-bond acceptors (Lipinski definition) is 4. The molecule has 0 aliphatic carbocycles. The highest BCUT2D eigenvalue weighted by atomic mass is 32.1. The lowest BCUT2D eigenvalue weighted by molar-refractivity contribution is 0.411. The van der Waals surface area contributed by atoms with Crippen LogP contribution < -0.4 is 5.73 Å². The molecule has 2 N–H and O–H groups in total. The zero-order chi connectivity index (χ0) is 13.0. The molecule has 2 rings (SSSR count). The number of rotatable bonds is 6. The number of anilines is 1. The highest BCUT2D eigenvalue weighted by Crippen LogP contribution is 2.39. The van der Waals surface area contributed by atoms with Gasteiger partial charge >= 0.3 is 0 Å². The average Bonchev–Trinajstić information content (AvgIpc) is 2.97. The molecule has 0 saturated carbocycles. The molecule has 0 aliphatic heterocycles. The SMILES string of the molecule is CCCC(CCC)c1noc(N)c1-c1cccs1. The van der Waals surface area contributed by atoms with Gasteiger partial charge in [0, 0.05) is 10.8 Å². The van der Waals surface area contributed by atoms with Crippen molar-refractivity contribution in [1.82, 2.24) is 5.16 Å². The monoisotopic (exact) mass is 264 g/mol. The van der Waals surface area contributed by atoms with Crippen molar-refractivity contribution in [2.24, 2.45) is 0 Å². The molecule has 2 heterocycles. The molecule has 2 aromatic rings. The molecule has 0 atom stereocenters. The molecule has 2 aromatic heterocycles. The second-order valence-electron chi connectivity index (χ2n) is 4.56. The summed E-state index contributed by atoms with van der Waals surface area (Å²) >= 11 is 1.68. The summed E-state index contributed by atoms with van der Waals surface area (Å²) < 4.78 is 5.23. The molecule has 98 valence electrons. The van der Waals surface area contributed by atoms with E-state index in [9.17, 15) is 0 Å². The van der Waals surface area contributed by atoms with E-state index in [1.165, 1.54) is 0 Å². The number of thiophene rings is 1. The summed E-state index contributed by atoms with van der Waals surface area (Å²) in [5, 5.41) is 6.27. The highest BCUT2D eigenvalue weighted by molar-refractivity contribution is 7.13. The predicted octanol–water partition coefficient (Wildman–Crippen LogP) is 4.67.